The molecule has 20 heavy (non-hydrogen) atoms. The van der Waals surface area contributed by atoms with Gasteiger partial charge in [-0.05, 0) is 18.2 Å². The number of benzene rings is 1. The molecule has 0 saturated heterocycles. The first-order valence-electron chi connectivity index (χ1n) is 5.86. The first-order chi connectivity index (χ1) is 9.39. The third-order valence-corrected chi connectivity index (χ3v) is 2.62. The van der Waals surface area contributed by atoms with Crippen molar-refractivity contribution in [1.29, 1.82) is 5.26 Å². The highest BCUT2D eigenvalue weighted by molar-refractivity contribution is 5.42. The van der Waals surface area contributed by atoms with Crippen LogP contribution in [-0.2, 0) is 6.54 Å². The van der Waals surface area contributed by atoms with Crippen LogP contribution >= 0.6 is 0 Å². The lowest BCUT2D eigenvalue weighted by molar-refractivity contribution is -0.148. The van der Waals surface area contributed by atoms with E-state index in [1.165, 1.54) is 19.2 Å². The van der Waals surface area contributed by atoms with Gasteiger partial charge in [-0.3, -0.25) is 4.90 Å². The molecule has 0 heterocycles. The zero-order chi connectivity index (χ0) is 15.2. The molecule has 0 aliphatic carbocycles. The van der Waals surface area contributed by atoms with Crippen molar-refractivity contribution in [1.82, 2.24) is 4.90 Å². The fourth-order valence-electron chi connectivity index (χ4n) is 1.82. The van der Waals surface area contributed by atoms with Crippen LogP contribution in [0, 0.1) is 11.3 Å². The molecule has 4 nitrogen and oxygen atoms in total. The molecule has 0 aliphatic heterocycles. The van der Waals surface area contributed by atoms with Gasteiger partial charge < -0.3 is 9.84 Å². The normalized spacial score (nSPS) is 11.4. The number of hydrogen-bond donors (Lipinski definition) is 1. The summed E-state index contributed by atoms with van der Waals surface area (Å²) in [5, 5.41) is 17.7. The number of methoxy groups -OCH3 is 1. The number of rotatable bonds is 6. The van der Waals surface area contributed by atoms with Crippen molar-refractivity contribution < 1.29 is 23.0 Å². The topological polar surface area (TPSA) is 56.5 Å². The molecular formula is C13H15F3N2O2. The molecule has 0 amide bonds. The number of alkyl halides is 3. The Balaban J connectivity index is 2.94. The Kier molecular flexibility index (Phi) is 5.80. The van der Waals surface area contributed by atoms with Gasteiger partial charge in [-0.1, -0.05) is 0 Å². The van der Waals surface area contributed by atoms with Crippen LogP contribution in [0.4, 0.5) is 13.2 Å². The Morgan fingerprint density at radius 1 is 1.40 bits per heavy atom. The molecule has 0 unspecified atom stereocenters. The van der Waals surface area contributed by atoms with Crippen molar-refractivity contribution in [2.45, 2.75) is 12.7 Å². The van der Waals surface area contributed by atoms with E-state index in [1.54, 1.807) is 6.07 Å². The molecular weight excluding hydrogens is 273 g/mol. The largest absolute Gasteiger partial charge is 0.496 e. The molecule has 0 aliphatic rings. The molecule has 1 aromatic carbocycles. The van der Waals surface area contributed by atoms with Gasteiger partial charge >= 0.3 is 6.18 Å². The summed E-state index contributed by atoms with van der Waals surface area (Å²) >= 11 is 0. The van der Waals surface area contributed by atoms with Crippen LogP contribution in [0.2, 0.25) is 0 Å². The second-order valence-electron chi connectivity index (χ2n) is 4.19. The van der Waals surface area contributed by atoms with Gasteiger partial charge in [-0.15, -0.1) is 0 Å². The van der Waals surface area contributed by atoms with Gasteiger partial charge in [-0.25, -0.2) is 0 Å². The molecule has 0 fully saturated rings. The SMILES string of the molecule is COc1ccc(C#N)cc1CN(CCO)CC(F)(F)F. The standard InChI is InChI=1S/C13H15F3N2O2/c1-20-12-3-2-10(7-17)6-11(12)8-18(4-5-19)9-13(14,15)16/h2-3,6,19H,4-5,8-9H2,1H3. The lowest BCUT2D eigenvalue weighted by atomic mass is 10.1. The molecule has 110 valence electrons. The summed E-state index contributed by atoms with van der Waals surface area (Å²) in [5.41, 5.74) is 0.820. The van der Waals surface area contributed by atoms with E-state index in [-0.39, 0.29) is 19.7 Å². The quantitative estimate of drug-likeness (QED) is 0.869. The molecule has 0 atom stereocenters. The number of aliphatic hydroxyl groups is 1. The Morgan fingerprint density at radius 2 is 2.10 bits per heavy atom. The number of hydrogen-bond acceptors (Lipinski definition) is 4. The molecule has 0 aromatic heterocycles. The van der Waals surface area contributed by atoms with Crippen molar-refractivity contribution in [2.75, 3.05) is 26.8 Å². The second-order valence-corrected chi connectivity index (χ2v) is 4.19. The highest BCUT2D eigenvalue weighted by Crippen LogP contribution is 2.23. The maximum Gasteiger partial charge on any atom is 0.401 e. The van der Waals surface area contributed by atoms with Crippen LogP contribution < -0.4 is 4.74 Å². The molecule has 0 radical (unpaired) electrons. The maximum absolute atomic E-state index is 12.5. The summed E-state index contributed by atoms with van der Waals surface area (Å²) in [6.45, 7) is -1.68. The lowest BCUT2D eigenvalue weighted by Crippen LogP contribution is -2.35. The molecule has 0 saturated carbocycles. The van der Waals surface area contributed by atoms with Gasteiger partial charge in [0.05, 0.1) is 31.9 Å². The molecule has 0 spiro atoms. The monoisotopic (exact) mass is 288 g/mol. The number of ether oxygens (including phenoxy) is 1. The summed E-state index contributed by atoms with van der Waals surface area (Å²) in [6.07, 6.45) is -4.35. The van der Waals surface area contributed by atoms with Gasteiger partial charge in [0.15, 0.2) is 0 Å². The Morgan fingerprint density at radius 3 is 2.60 bits per heavy atom. The minimum Gasteiger partial charge on any atom is -0.496 e. The molecule has 1 rings (SSSR count). The summed E-state index contributed by atoms with van der Waals surface area (Å²) in [6, 6.07) is 6.48. The maximum atomic E-state index is 12.5. The Hall–Kier alpha value is -1.78. The zero-order valence-corrected chi connectivity index (χ0v) is 10.9. The van der Waals surface area contributed by atoms with Gasteiger partial charge in [0, 0.05) is 18.7 Å². The van der Waals surface area contributed by atoms with Crippen molar-refractivity contribution in [3.8, 4) is 11.8 Å². The number of halogens is 3. The Bertz CT molecular complexity index is 483. The van der Waals surface area contributed by atoms with Gasteiger partial charge in [-0.2, -0.15) is 18.4 Å². The van der Waals surface area contributed by atoms with Crippen LogP contribution in [0.25, 0.3) is 0 Å². The van der Waals surface area contributed by atoms with E-state index in [0.29, 0.717) is 16.9 Å². The van der Waals surface area contributed by atoms with E-state index in [1.807, 2.05) is 6.07 Å². The highest BCUT2D eigenvalue weighted by Gasteiger charge is 2.30. The van der Waals surface area contributed by atoms with E-state index in [4.69, 9.17) is 15.1 Å². The van der Waals surface area contributed by atoms with E-state index in [0.717, 1.165) is 4.90 Å². The molecule has 7 heteroatoms. The predicted octanol–water partition coefficient (Wildman–Crippen LogP) is 1.92. The average Bonchev–Trinajstić information content (AvgIpc) is 2.37. The fraction of sp³-hybridized carbons (Fsp3) is 0.462. The van der Waals surface area contributed by atoms with Crippen LogP contribution in [0.3, 0.4) is 0 Å². The smallest absolute Gasteiger partial charge is 0.401 e. The van der Waals surface area contributed by atoms with E-state index >= 15 is 0 Å². The van der Waals surface area contributed by atoms with Gasteiger partial charge in [0.1, 0.15) is 5.75 Å². The van der Waals surface area contributed by atoms with Crippen molar-refractivity contribution in [2.24, 2.45) is 0 Å². The fourth-order valence-corrected chi connectivity index (χ4v) is 1.82. The highest BCUT2D eigenvalue weighted by atomic mass is 19.4. The predicted molar refractivity (Wildman–Crippen MR) is 66.1 cm³/mol. The van der Waals surface area contributed by atoms with Crippen LogP contribution in [0.1, 0.15) is 11.1 Å². The van der Waals surface area contributed by atoms with E-state index in [2.05, 4.69) is 0 Å². The second kappa shape index (κ2) is 7.12. The van der Waals surface area contributed by atoms with Crippen molar-refractivity contribution >= 4 is 0 Å². The summed E-state index contributed by atoms with van der Waals surface area (Å²) in [7, 11) is 1.41. The first-order valence-corrected chi connectivity index (χ1v) is 5.86. The average molecular weight is 288 g/mol. The third-order valence-electron chi connectivity index (χ3n) is 2.62. The summed E-state index contributed by atoms with van der Waals surface area (Å²) in [5.74, 6) is 0.411. The number of nitrogens with zero attached hydrogens (tertiary/aromatic N) is 2. The Labute approximate surface area is 115 Å². The number of nitriles is 1. The summed E-state index contributed by atoms with van der Waals surface area (Å²) in [4.78, 5) is 1.05. The first kappa shape index (κ1) is 16.3. The minimum absolute atomic E-state index is 0.0568. The van der Waals surface area contributed by atoms with E-state index in [9.17, 15) is 13.2 Å². The van der Waals surface area contributed by atoms with Crippen molar-refractivity contribution in [3.63, 3.8) is 0 Å². The lowest BCUT2D eigenvalue weighted by Gasteiger charge is -2.23. The molecule has 1 aromatic rings. The van der Waals surface area contributed by atoms with Crippen LogP contribution in [0.5, 0.6) is 5.75 Å². The van der Waals surface area contributed by atoms with Gasteiger partial charge in [0.2, 0.25) is 0 Å². The van der Waals surface area contributed by atoms with Crippen LogP contribution in [0.15, 0.2) is 18.2 Å². The number of aliphatic hydroxyl groups excluding tert-OH is 1. The molecule has 1 N–H and O–H groups in total. The van der Waals surface area contributed by atoms with E-state index < -0.39 is 12.7 Å². The van der Waals surface area contributed by atoms with Crippen molar-refractivity contribution in [3.05, 3.63) is 29.3 Å². The van der Waals surface area contributed by atoms with Crippen LogP contribution in [-0.4, -0.2) is 43.0 Å². The van der Waals surface area contributed by atoms with Gasteiger partial charge in [0.25, 0.3) is 0 Å². The molecule has 0 bridgehead atoms. The third kappa shape index (κ3) is 5.07. The summed E-state index contributed by atoms with van der Waals surface area (Å²) < 4.78 is 42.4. The zero-order valence-electron chi connectivity index (χ0n) is 10.9. The minimum atomic E-state index is -4.35.